The molecule has 0 radical (unpaired) electrons. The molecule has 0 unspecified atom stereocenters. The lowest BCUT2D eigenvalue weighted by atomic mass is 9.70. The second-order valence-electron chi connectivity index (χ2n) is 9.16. The van der Waals surface area contributed by atoms with Crippen LogP contribution in [0, 0.1) is 10.8 Å². The van der Waals surface area contributed by atoms with Gasteiger partial charge in [-0.15, -0.1) is 0 Å². The van der Waals surface area contributed by atoms with Gasteiger partial charge in [0.2, 0.25) is 0 Å². The molecular formula is C30H32O8. The fourth-order valence-electron chi connectivity index (χ4n) is 4.86. The number of ether oxygens (including phenoxy) is 4. The Kier molecular flexibility index (Phi) is 9.23. The summed E-state index contributed by atoms with van der Waals surface area (Å²) in [5, 5.41) is 0. The van der Waals surface area contributed by atoms with Crippen LogP contribution in [0.2, 0.25) is 0 Å². The average molecular weight is 521 g/mol. The van der Waals surface area contributed by atoms with Crippen LogP contribution in [0.5, 0.6) is 0 Å². The fraction of sp³-hybridized carbons (Fsp3) is 0.333. The summed E-state index contributed by atoms with van der Waals surface area (Å²) in [5.74, 6) is -2.97. The molecule has 8 nitrogen and oxygen atoms in total. The lowest BCUT2D eigenvalue weighted by Crippen LogP contribution is -2.46. The van der Waals surface area contributed by atoms with Crippen molar-refractivity contribution in [3.8, 4) is 0 Å². The number of methoxy groups -OCH3 is 4. The van der Waals surface area contributed by atoms with Gasteiger partial charge in [-0.3, -0.25) is 19.2 Å². The van der Waals surface area contributed by atoms with Gasteiger partial charge in [0.05, 0.1) is 28.4 Å². The van der Waals surface area contributed by atoms with Crippen LogP contribution in [0.25, 0.3) is 6.08 Å². The van der Waals surface area contributed by atoms with Crippen molar-refractivity contribution in [1.29, 1.82) is 0 Å². The summed E-state index contributed by atoms with van der Waals surface area (Å²) >= 11 is 0. The van der Waals surface area contributed by atoms with Crippen molar-refractivity contribution in [2.24, 2.45) is 10.8 Å². The summed E-state index contributed by atoms with van der Waals surface area (Å²) in [4.78, 5) is 52.9. The predicted octanol–water partition coefficient (Wildman–Crippen LogP) is 3.87. The van der Waals surface area contributed by atoms with E-state index >= 15 is 0 Å². The Labute approximate surface area is 222 Å². The van der Waals surface area contributed by atoms with Gasteiger partial charge >= 0.3 is 23.9 Å². The SMILES string of the molecule is COC(=O)C1(C(=O)OC)C/C=C(/C=C/c2ccccc2)CC(C(=O)OC)(C(=O)OC)Cc2ccccc2C1. The third-order valence-corrected chi connectivity index (χ3v) is 6.92. The molecule has 0 aromatic heterocycles. The van der Waals surface area contributed by atoms with Crippen molar-refractivity contribution in [1.82, 2.24) is 0 Å². The van der Waals surface area contributed by atoms with Crippen molar-refractivity contribution in [2.45, 2.75) is 25.7 Å². The number of esters is 4. The van der Waals surface area contributed by atoms with Crippen molar-refractivity contribution in [3.05, 3.63) is 89.0 Å². The van der Waals surface area contributed by atoms with E-state index in [2.05, 4.69) is 0 Å². The molecule has 2 aromatic carbocycles. The third-order valence-electron chi connectivity index (χ3n) is 6.92. The second-order valence-corrected chi connectivity index (χ2v) is 9.16. The van der Waals surface area contributed by atoms with Crippen LogP contribution in [0.3, 0.4) is 0 Å². The first-order chi connectivity index (χ1) is 18.3. The molecule has 0 saturated carbocycles. The molecule has 8 heteroatoms. The summed E-state index contributed by atoms with van der Waals surface area (Å²) in [6.07, 6.45) is 4.92. The van der Waals surface area contributed by atoms with Gasteiger partial charge in [0.15, 0.2) is 10.8 Å². The Morgan fingerprint density at radius 1 is 0.605 bits per heavy atom. The summed E-state index contributed by atoms with van der Waals surface area (Å²) in [6.45, 7) is 0. The molecule has 0 saturated heterocycles. The third kappa shape index (κ3) is 5.69. The van der Waals surface area contributed by atoms with E-state index in [0.29, 0.717) is 16.7 Å². The van der Waals surface area contributed by atoms with Crippen LogP contribution in [0.4, 0.5) is 0 Å². The molecule has 0 aliphatic heterocycles. The highest BCUT2D eigenvalue weighted by Crippen LogP contribution is 2.41. The lowest BCUT2D eigenvalue weighted by Gasteiger charge is -2.33. The number of hydrogen-bond donors (Lipinski definition) is 0. The summed E-state index contributed by atoms with van der Waals surface area (Å²) in [6, 6.07) is 16.5. The molecule has 0 N–H and O–H groups in total. The van der Waals surface area contributed by atoms with Crippen molar-refractivity contribution < 1.29 is 38.1 Å². The molecule has 0 heterocycles. The number of hydrogen-bond acceptors (Lipinski definition) is 8. The molecule has 0 amide bonds. The first kappa shape index (κ1) is 28.4. The maximum absolute atomic E-state index is 13.3. The summed E-state index contributed by atoms with van der Waals surface area (Å²) < 4.78 is 20.4. The molecule has 0 atom stereocenters. The molecule has 38 heavy (non-hydrogen) atoms. The smallest absolute Gasteiger partial charge is 0.323 e. The minimum atomic E-state index is -1.71. The Bertz CT molecular complexity index is 1210. The summed E-state index contributed by atoms with van der Waals surface area (Å²) in [7, 11) is 4.88. The van der Waals surface area contributed by atoms with Gasteiger partial charge in [-0.05, 0) is 42.4 Å². The van der Waals surface area contributed by atoms with Gasteiger partial charge in [-0.1, -0.05) is 78.4 Å². The van der Waals surface area contributed by atoms with E-state index in [1.54, 1.807) is 36.4 Å². The Hall–Kier alpha value is -4.20. The first-order valence-electron chi connectivity index (χ1n) is 12.1. The van der Waals surface area contributed by atoms with Crippen LogP contribution >= 0.6 is 0 Å². The minimum Gasteiger partial charge on any atom is -0.468 e. The van der Waals surface area contributed by atoms with E-state index in [-0.39, 0.29) is 25.7 Å². The highest BCUT2D eigenvalue weighted by Gasteiger charge is 2.52. The van der Waals surface area contributed by atoms with E-state index in [0.717, 1.165) is 5.56 Å². The van der Waals surface area contributed by atoms with Crippen molar-refractivity contribution in [2.75, 3.05) is 28.4 Å². The molecule has 1 aliphatic carbocycles. The van der Waals surface area contributed by atoms with Crippen LogP contribution in [-0.4, -0.2) is 52.3 Å². The van der Waals surface area contributed by atoms with E-state index < -0.39 is 34.7 Å². The highest BCUT2D eigenvalue weighted by molar-refractivity contribution is 6.02. The van der Waals surface area contributed by atoms with Gasteiger partial charge in [0, 0.05) is 0 Å². The van der Waals surface area contributed by atoms with Crippen LogP contribution in [0.1, 0.15) is 29.5 Å². The molecule has 200 valence electrons. The number of fused-ring (bicyclic) bond motifs is 1. The van der Waals surface area contributed by atoms with Crippen LogP contribution in [-0.2, 0) is 51.0 Å². The maximum atomic E-state index is 13.3. The Balaban J connectivity index is 2.29. The highest BCUT2D eigenvalue weighted by atomic mass is 16.6. The quantitative estimate of drug-likeness (QED) is 0.321. The lowest BCUT2D eigenvalue weighted by molar-refractivity contribution is -0.171. The standard InChI is InChI=1S/C30H32O8/c1-35-25(31)29(26(32)36-2)17-16-22(15-14-21-10-6-5-7-11-21)18-30(27(33)37-3,28(34)38-4)20-24-13-9-8-12-23(24)19-29/h5-16H,17-20H2,1-4H3/b15-14+,22-16-. The zero-order chi connectivity index (χ0) is 27.8. The molecule has 3 rings (SSSR count). The van der Waals surface area contributed by atoms with Crippen molar-refractivity contribution >= 4 is 30.0 Å². The average Bonchev–Trinajstić information content (AvgIpc) is 2.96. The molecular weight excluding hydrogens is 488 g/mol. The van der Waals surface area contributed by atoms with Crippen LogP contribution < -0.4 is 0 Å². The number of carbonyl (C=O) groups is 4. The minimum absolute atomic E-state index is 0.0624. The first-order valence-corrected chi connectivity index (χ1v) is 12.1. The van der Waals surface area contributed by atoms with E-state index in [9.17, 15) is 19.2 Å². The van der Waals surface area contributed by atoms with Gasteiger partial charge in [-0.25, -0.2) is 0 Å². The molecule has 2 aromatic rings. The second kappa shape index (κ2) is 12.4. The predicted molar refractivity (Wildman–Crippen MR) is 140 cm³/mol. The normalized spacial score (nSPS) is 17.7. The van der Waals surface area contributed by atoms with Gasteiger partial charge in [-0.2, -0.15) is 0 Å². The number of allylic oxidation sites excluding steroid dienone is 3. The Morgan fingerprint density at radius 2 is 1.05 bits per heavy atom. The monoisotopic (exact) mass is 520 g/mol. The van der Waals surface area contributed by atoms with Gasteiger partial charge in [0.1, 0.15) is 0 Å². The maximum Gasteiger partial charge on any atom is 0.323 e. The van der Waals surface area contributed by atoms with Gasteiger partial charge in [0.25, 0.3) is 0 Å². The van der Waals surface area contributed by atoms with Crippen LogP contribution in [0.15, 0.2) is 72.3 Å². The van der Waals surface area contributed by atoms with E-state index in [1.807, 2.05) is 36.4 Å². The number of carbonyl (C=O) groups excluding carboxylic acids is 4. The van der Waals surface area contributed by atoms with E-state index in [1.165, 1.54) is 28.4 Å². The van der Waals surface area contributed by atoms with Gasteiger partial charge < -0.3 is 18.9 Å². The number of rotatable bonds is 6. The topological polar surface area (TPSA) is 105 Å². The molecule has 0 spiro atoms. The summed E-state index contributed by atoms with van der Waals surface area (Å²) in [5.41, 5.74) is -0.790. The zero-order valence-corrected chi connectivity index (χ0v) is 22.0. The molecule has 1 aliphatic rings. The fourth-order valence-corrected chi connectivity index (χ4v) is 4.86. The number of benzene rings is 2. The Morgan fingerprint density at radius 3 is 1.55 bits per heavy atom. The van der Waals surface area contributed by atoms with E-state index in [4.69, 9.17) is 18.9 Å². The zero-order valence-electron chi connectivity index (χ0n) is 22.0. The molecule has 0 bridgehead atoms. The molecule has 0 fully saturated rings. The largest absolute Gasteiger partial charge is 0.468 e. The van der Waals surface area contributed by atoms with Crippen molar-refractivity contribution in [3.63, 3.8) is 0 Å².